The van der Waals surface area contributed by atoms with Gasteiger partial charge in [-0.1, -0.05) is 0 Å². The lowest BCUT2D eigenvalue weighted by Crippen LogP contribution is -2.43. The van der Waals surface area contributed by atoms with Crippen LogP contribution in [0.4, 0.5) is 10.5 Å². The summed E-state index contributed by atoms with van der Waals surface area (Å²) in [5.74, 6) is -0.261. The molecule has 0 aliphatic carbocycles. The van der Waals surface area contributed by atoms with Gasteiger partial charge in [-0.3, -0.25) is 9.59 Å². The fourth-order valence-electron chi connectivity index (χ4n) is 1.70. The van der Waals surface area contributed by atoms with E-state index in [9.17, 15) is 14.4 Å². The first-order chi connectivity index (χ1) is 11.6. The van der Waals surface area contributed by atoms with Gasteiger partial charge in [0.05, 0.1) is 13.0 Å². The molecule has 0 heterocycles. The number of alkyl carbamates (subject to hydrolysis) is 1. The maximum atomic E-state index is 12.1. The number of anilines is 1. The largest absolute Gasteiger partial charge is 0.493 e. The number of hydrogen-bond acceptors (Lipinski definition) is 5. The minimum absolute atomic E-state index is 0.131. The lowest BCUT2D eigenvalue weighted by atomic mass is 10.2. The Balaban J connectivity index is 2.48. The molecule has 0 radical (unpaired) electrons. The fraction of sp³-hybridized carbons (Fsp3) is 0.471. The van der Waals surface area contributed by atoms with Crippen molar-refractivity contribution in [3.8, 4) is 5.75 Å². The van der Waals surface area contributed by atoms with Gasteiger partial charge in [0.2, 0.25) is 11.8 Å². The van der Waals surface area contributed by atoms with Crippen LogP contribution in [0.15, 0.2) is 24.3 Å². The number of primary amides is 1. The van der Waals surface area contributed by atoms with Gasteiger partial charge in [-0.2, -0.15) is 0 Å². The molecule has 4 N–H and O–H groups in total. The summed E-state index contributed by atoms with van der Waals surface area (Å²) in [5.41, 5.74) is 4.94. The Morgan fingerprint density at radius 1 is 1.16 bits per heavy atom. The maximum absolute atomic E-state index is 12.1. The molecule has 0 aliphatic heterocycles. The van der Waals surface area contributed by atoms with E-state index in [-0.39, 0.29) is 18.9 Å². The highest BCUT2D eigenvalue weighted by Crippen LogP contribution is 2.16. The molecule has 8 nitrogen and oxygen atoms in total. The third-order valence-corrected chi connectivity index (χ3v) is 2.87. The molecule has 1 aromatic rings. The van der Waals surface area contributed by atoms with Gasteiger partial charge in [0, 0.05) is 5.69 Å². The van der Waals surface area contributed by atoms with Crippen LogP contribution in [0, 0.1) is 0 Å². The van der Waals surface area contributed by atoms with Crippen LogP contribution in [0.5, 0.6) is 5.75 Å². The molecule has 0 saturated carbocycles. The van der Waals surface area contributed by atoms with Crippen LogP contribution >= 0.6 is 0 Å². The SMILES string of the molecule is CC(NC(=O)OC(C)(C)C)C(=O)Nc1ccc(OCCC(N)=O)cc1. The Hall–Kier alpha value is -2.77. The van der Waals surface area contributed by atoms with Crippen molar-refractivity contribution in [3.63, 3.8) is 0 Å². The van der Waals surface area contributed by atoms with E-state index in [1.54, 1.807) is 52.0 Å². The van der Waals surface area contributed by atoms with Gasteiger partial charge >= 0.3 is 6.09 Å². The molecule has 3 amide bonds. The van der Waals surface area contributed by atoms with Crippen LogP contribution < -0.4 is 21.1 Å². The normalized spacial score (nSPS) is 12.0. The van der Waals surface area contributed by atoms with E-state index in [4.69, 9.17) is 15.2 Å². The molecule has 138 valence electrons. The second-order valence-electron chi connectivity index (χ2n) is 6.45. The van der Waals surface area contributed by atoms with Crippen molar-refractivity contribution in [2.45, 2.75) is 45.8 Å². The standard InChI is InChI=1S/C17H25N3O5/c1-11(19-16(23)25-17(2,3)4)15(22)20-12-5-7-13(8-6-12)24-10-9-14(18)21/h5-8,11H,9-10H2,1-4H3,(H2,18,21)(H,19,23)(H,20,22). The van der Waals surface area contributed by atoms with Gasteiger partial charge in [-0.25, -0.2) is 4.79 Å². The van der Waals surface area contributed by atoms with Crippen molar-refractivity contribution in [1.29, 1.82) is 0 Å². The predicted molar refractivity (Wildman–Crippen MR) is 93.2 cm³/mol. The monoisotopic (exact) mass is 351 g/mol. The van der Waals surface area contributed by atoms with Crippen molar-refractivity contribution >= 4 is 23.6 Å². The van der Waals surface area contributed by atoms with E-state index >= 15 is 0 Å². The number of carbonyl (C=O) groups excluding carboxylic acids is 3. The predicted octanol–water partition coefficient (Wildman–Crippen LogP) is 1.79. The lowest BCUT2D eigenvalue weighted by molar-refractivity contribution is -0.119. The molecule has 0 aliphatic rings. The Kier molecular flexibility index (Phi) is 7.22. The van der Waals surface area contributed by atoms with Crippen molar-refractivity contribution in [2.75, 3.05) is 11.9 Å². The Labute approximate surface area is 147 Å². The van der Waals surface area contributed by atoms with E-state index in [0.717, 1.165) is 0 Å². The third kappa shape index (κ3) is 8.59. The van der Waals surface area contributed by atoms with E-state index < -0.39 is 23.6 Å². The van der Waals surface area contributed by atoms with Gasteiger partial charge in [0.1, 0.15) is 17.4 Å². The summed E-state index contributed by atoms with van der Waals surface area (Å²) in [7, 11) is 0. The van der Waals surface area contributed by atoms with E-state index in [1.165, 1.54) is 0 Å². The third-order valence-electron chi connectivity index (χ3n) is 2.87. The molecule has 25 heavy (non-hydrogen) atoms. The van der Waals surface area contributed by atoms with Crippen molar-refractivity contribution in [3.05, 3.63) is 24.3 Å². The van der Waals surface area contributed by atoms with Crippen molar-refractivity contribution in [2.24, 2.45) is 5.73 Å². The second-order valence-corrected chi connectivity index (χ2v) is 6.45. The molecular weight excluding hydrogens is 326 g/mol. The van der Waals surface area contributed by atoms with Crippen LogP contribution in [-0.2, 0) is 14.3 Å². The summed E-state index contributed by atoms with van der Waals surface area (Å²) in [6.07, 6.45) is -0.528. The van der Waals surface area contributed by atoms with Crippen LogP contribution in [0.25, 0.3) is 0 Å². The highest BCUT2D eigenvalue weighted by Gasteiger charge is 2.21. The van der Waals surface area contributed by atoms with Gasteiger partial charge in [-0.15, -0.1) is 0 Å². The van der Waals surface area contributed by atoms with Crippen LogP contribution in [0.2, 0.25) is 0 Å². The summed E-state index contributed by atoms with van der Waals surface area (Å²) >= 11 is 0. The highest BCUT2D eigenvalue weighted by molar-refractivity contribution is 5.96. The molecule has 0 fully saturated rings. The minimum atomic E-state index is -0.763. The molecule has 0 aromatic heterocycles. The number of hydrogen-bond donors (Lipinski definition) is 3. The Morgan fingerprint density at radius 3 is 2.28 bits per heavy atom. The molecule has 8 heteroatoms. The van der Waals surface area contributed by atoms with E-state index in [2.05, 4.69) is 10.6 Å². The zero-order valence-electron chi connectivity index (χ0n) is 14.9. The summed E-state index contributed by atoms with van der Waals surface area (Å²) in [6, 6.07) is 5.85. The fourth-order valence-corrected chi connectivity index (χ4v) is 1.70. The molecule has 1 unspecified atom stereocenters. The summed E-state index contributed by atoms with van der Waals surface area (Å²) in [4.78, 5) is 34.4. The van der Waals surface area contributed by atoms with Crippen LogP contribution in [0.1, 0.15) is 34.1 Å². The first-order valence-electron chi connectivity index (χ1n) is 7.88. The van der Waals surface area contributed by atoms with Gasteiger partial charge in [0.25, 0.3) is 0 Å². The average Bonchev–Trinajstić information content (AvgIpc) is 2.46. The number of ether oxygens (including phenoxy) is 2. The van der Waals surface area contributed by atoms with Gasteiger partial charge in [-0.05, 0) is 52.0 Å². The summed E-state index contributed by atoms with van der Waals surface area (Å²) in [5, 5.41) is 5.14. The van der Waals surface area contributed by atoms with E-state index in [1.807, 2.05) is 0 Å². The smallest absolute Gasteiger partial charge is 0.408 e. The molecular formula is C17H25N3O5. The highest BCUT2D eigenvalue weighted by atomic mass is 16.6. The minimum Gasteiger partial charge on any atom is -0.493 e. The van der Waals surface area contributed by atoms with E-state index in [0.29, 0.717) is 11.4 Å². The first kappa shape index (κ1) is 20.3. The number of benzene rings is 1. The Bertz CT molecular complexity index is 608. The maximum Gasteiger partial charge on any atom is 0.408 e. The second kappa shape index (κ2) is 8.91. The number of nitrogens with one attached hydrogen (secondary N) is 2. The zero-order valence-corrected chi connectivity index (χ0v) is 14.9. The summed E-state index contributed by atoms with van der Waals surface area (Å²) < 4.78 is 10.4. The lowest BCUT2D eigenvalue weighted by Gasteiger charge is -2.21. The van der Waals surface area contributed by atoms with Crippen LogP contribution in [0.3, 0.4) is 0 Å². The van der Waals surface area contributed by atoms with Gasteiger partial charge < -0.3 is 25.8 Å². The molecule has 0 spiro atoms. The first-order valence-corrected chi connectivity index (χ1v) is 7.88. The Morgan fingerprint density at radius 2 is 1.76 bits per heavy atom. The van der Waals surface area contributed by atoms with Crippen molar-refractivity contribution in [1.82, 2.24) is 5.32 Å². The summed E-state index contributed by atoms with van der Waals surface area (Å²) in [6.45, 7) is 6.97. The number of amides is 3. The number of nitrogens with two attached hydrogens (primary N) is 1. The molecule has 1 atom stereocenters. The number of rotatable bonds is 7. The number of carbonyl (C=O) groups is 3. The molecule has 0 bridgehead atoms. The average molecular weight is 351 g/mol. The molecule has 1 rings (SSSR count). The van der Waals surface area contributed by atoms with Crippen molar-refractivity contribution < 1.29 is 23.9 Å². The quantitative estimate of drug-likeness (QED) is 0.692. The van der Waals surface area contributed by atoms with Crippen LogP contribution in [-0.4, -0.2) is 36.2 Å². The van der Waals surface area contributed by atoms with Gasteiger partial charge in [0.15, 0.2) is 0 Å². The molecule has 0 saturated heterocycles. The molecule has 1 aromatic carbocycles. The zero-order chi connectivity index (χ0) is 19.0. The topological polar surface area (TPSA) is 120 Å².